The molecule has 2 rings (SSSR count). The number of aryl methyl sites for hydroxylation is 1. The maximum Gasteiger partial charge on any atom is 0.330 e. The van der Waals surface area contributed by atoms with Crippen LogP contribution in [0.3, 0.4) is 0 Å². The third-order valence-electron chi connectivity index (χ3n) is 3.00. The maximum absolute atomic E-state index is 14.0. The Balaban J connectivity index is 2.51. The van der Waals surface area contributed by atoms with Gasteiger partial charge in [-0.2, -0.15) is 0 Å². The van der Waals surface area contributed by atoms with Crippen molar-refractivity contribution in [3.05, 3.63) is 32.6 Å². The molecule has 4 atom stereocenters. The first-order valence-corrected chi connectivity index (χ1v) is 5.46. The van der Waals surface area contributed by atoms with Crippen LogP contribution in [-0.2, 0) is 4.74 Å². The molecule has 0 radical (unpaired) electrons. The Hall–Kier alpha value is -1.55. The zero-order valence-corrected chi connectivity index (χ0v) is 9.91. The van der Waals surface area contributed by atoms with Crippen molar-refractivity contribution in [1.29, 1.82) is 0 Å². The molecule has 0 spiro atoms. The van der Waals surface area contributed by atoms with Crippen molar-refractivity contribution in [1.82, 2.24) is 9.55 Å². The van der Waals surface area contributed by atoms with Crippen LogP contribution in [0.25, 0.3) is 0 Å². The first-order valence-electron chi connectivity index (χ1n) is 5.46. The SMILES string of the molecule is Cc1cn([C@@H]2O[C@H](CO)[C@@H](O)[C@@]2(O)F)c(=O)[nH]c1=O. The van der Waals surface area contributed by atoms with Crippen LogP contribution in [-0.4, -0.2) is 49.5 Å². The van der Waals surface area contributed by atoms with Crippen molar-refractivity contribution in [2.45, 2.75) is 31.2 Å². The summed E-state index contributed by atoms with van der Waals surface area (Å²) in [6.07, 6.45) is -4.24. The number of nitrogens with one attached hydrogen (secondary N) is 1. The highest BCUT2D eigenvalue weighted by molar-refractivity contribution is 5.04. The van der Waals surface area contributed by atoms with Gasteiger partial charge in [-0.25, -0.2) is 9.18 Å². The van der Waals surface area contributed by atoms with E-state index in [4.69, 9.17) is 9.84 Å². The summed E-state index contributed by atoms with van der Waals surface area (Å²) in [5.74, 6) is -3.26. The molecule has 0 aliphatic carbocycles. The molecule has 1 saturated heterocycles. The average molecular weight is 276 g/mol. The van der Waals surface area contributed by atoms with E-state index >= 15 is 0 Å². The van der Waals surface area contributed by atoms with Crippen LogP contribution in [0.2, 0.25) is 0 Å². The Bertz CT molecular complexity index is 594. The second-order valence-electron chi connectivity index (χ2n) is 4.36. The fourth-order valence-corrected chi connectivity index (χ4v) is 1.91. The molecule has 1 aliphatic rings. The van der Waals surface area contributed by atoms with E-state index in [2.05, 4.69) is 0 Å². The number of H-pyrrole nitrogens is 1. The third-order valence-corrected chi connectivity index (χ3v) is 3.00. The van der Waals surface area contributed by atoms with Crippen LogP contribution in [0, 0.1) is 6.92 Å². The number of aromatic nitrogens is 2. The second kappa shape index (κ2) is 4.53. The van der Waals surface area contributed by atoms with Crippen LogP contribution in [0.4, 0.5) is 4.39 Å². The molecule has 0 aromatic carbocycles. The van der Waals surface area contributed by atoms with Gasteiger partial charge in [0.15, 0.2) is 6.23 Å². The van der Waals surface area contributed by atoms with E-state index in [9.17, 15) is 24.2 Å². The second-order valence-corrected chi connectivity index (χ2v) is 4.36. The monoisotopic (exact) mass is 276 g/mol. The molecule has 19 heavy (non-hydrogen) atoms. The number of nitrogens with zero attached hydrogens (tertiary/aromatic N) is 1. The van der Waals surface area contributed by atoms with Crippen molar-refractivity contribution in [3.63, 3.8) is 0 Å². The number of halogens is 1. The Morgan fingerprint density at radius 1 is 1.58 bits per heavy atom. The van der Waals surface area contributed by atoms with Gasteiger partial charge in [-0.05, 0) is 6.92 Å². The van der Waals surface area contributed by atoms with Crippen molar-refractivity contribution < 1.29 is 24.4 Å². The van der Waals surface area contributed by atoms with E-state index < -0.39 is 42.1 Å². The Kier molecular flexibility index (Phi) is 3.31. The molecule has 0 bridgehead atoms. The lowest BCUT2D eigenvalue weighted by molar-refractivity contribution is -0.197. The summed E-state index contributed by atoms with van der Waals surface area (Å²) < 4.78 is 19.6. The summed E-state index contributed by atoms with van der Waals surface area (Å²) in [5.41, 5.74) is -1.55. The minimum absolute atomic E-state index is 0.0981. The number of aliphatic hydroxyl groups excluding tert-OH is 2. The lowest BCUT2D eigenvalue weighted by atomic mass is 10.1. The van der Waals surface area contributed by atoms with Crippen LogP contribution in [0.1, 0.15) is 11.8 Å². The zero-order chi connectivity index (χ0) is 14.4. The molecule has 4 N–H and O–H groups in total. The average Bonchev–Trinajstić information content (AvgIpc) is 2.56. The number of aromatic amines is 1. The third kappa shape index (κ3) is 2.10. The standard InChI is InChI=1S/C10H13FN2O6/c1-4-2-13(9(17)12-7(4)16)8-10(11,18)6(15)5(3-14)19-8/h2,5-6,8,14-15,18H,3H2,1H3,(H,12,16,17)/t5-,6-,8-,10+/m1/s1. The van der Waals surface area contributed by atoms with Crippen LogP contribution < -0.4 is 11.2 Å². The summed E-state index contributed by atoms with van der Waals surface area (Å²) in [7, 11) is 0. The Morgan fingerprint density at radius 2 is 2.21 bits per heavy atom. The van der Waals surface area contributed by atoms with E-state index in [0.717, 1.165) is 6.20 Å². The van der Waals surface area contributed by atoms with Gasteiger partial charge >= 0.3 is 5.69 Å². The molecule has 1 fully saturated rings. The maximum atomic E-state index is 14.0. The summed E-state index contributed by atoms with van der Waals surface area (Å²) in [6.45, 7) is 0.641. The van der Waals surface area contributed by atoms with Crippen molar-refractivity contribution in [3.8, 4) is 0 Å². The summed E-state index contributed by atoms with van der Waals surface area (Å²) in [4.78, 5) is 24.7. The van der Waals surface area contributed by atoms with Gasteiger partial charge in [0, 0.05) is 11.8 Å². The number of hydrogen-bond donors (Lipinski definition) is 4. The number of rotatable bonds is 2. The number of hydrogen-bond acceptors (Lipinski definition) is 6. The number of alkyl halides is 1. The lowest BCUT2D eigenvalue weighted by Crippen LogP contribution is -2.46. The van der Waals surface area contributed by atoms with E-state index in [1.54, 1.807) is 0 Å². The topological polar surface area (TPSA) is 125 Å². The fourth-order valence-electron chi connectivity index (χ4n) is 1.91. The highest BCUT2D eigenvalue weighted by Gasteiger charge is 2.57. The zero-order valence-electron chi connectivity index (χ0n) is 9.91. The molecule has 2 heterocycles. The van der Waals surface area contributed by atoms with Gasteiger partial charge in [0.25, 0.3) is 11.4 Å². The van der Waals surface area contributed by atoms with Gasteiger partial charge in [0.05, 0.1) is 6.61 Å². The van der Waals surface area contributed by atoms with Crippen molar-refractivity contribution in [2.24, 2.45) is 0 Å². The molecule has 1 aromatic heterocycles. The minimum Gasteiger partial charge on any atom is -0.394 e. The van der Waals surface area contributed by atoms with Crippen LogP contribution in [0.5, 0.6) is 0 Å². The molecule has 1 aromatic rings. The Morgan fingerprint density at radius 3 is 2.74 bits per heavy atom. The van der Waals surface area contributed by atoms with Crippen molar-refractivity contribution >= 4 is 0 Å². The molecule has 0 amide bonds. The molecule has 1 aliphatic heterocycles. The van der Waals surface area contributed by atoms with Gasteiger partial charge in [0.2, 0.25) is 0 Å². The Labute approximate surface area is 105 Å². The van der Waals surface area contributed by atoms with Gasteiger partial charge in [-0.15, -0.1) is 0 Å². The van der Waals surface area contributed by atoms with E-state index in [1.807, 2.05) is 4.98 Å². The summed E-state index contributed by atoms with van der Waals surface area (Å²) >= 11 is 0. The van der Waals surface area contributed by atoms with Gasteiger partial charge in [-0.3, -0.25) is 14.3 Å². The van der Waals surface area contributed by atoms with E-state index in [-0.39, 0.29) is 5.56 Å². The van der Waals surface area contributed by atoms with Gasteiger partial charge in [-0.1, -0.05) is 0 Å². The summed E-state index contributed by atoms with van der Waals surface area (Å²) in [5, 5.41) is 27.9. The first-order chi connectivity index (χ1) is 8.78. The number of ether oxygens (including phenoxy) is 1. The number of aliphatic hydroxyl groups is 3. The van der Waals surface area contributed by atoms with Gasteiger partial charge < -0.3 is 20.1 Å². The predicted octanol–water partition coefficient (Wildman–Crippen LogP) is -2.25. The minimum atomic E-state index is -3.26. The molecule has 0 unspecified atom stereocenters. The first kappa shape index (κ1) is 13.9. The molecule has 0 saturated carbocycles. The lowest BCUT2D eigenvalue weighted by Gasteiger charge is -2.23. The van der Waals surface area contributed by atoms with Crippen LogP contribution in [0.15, 0.2) is 15.8 Å². The summed E-state index contributed by atoms with van der Waals surface area (Å²) in [6, 6.07) is 0. The highest BCUT2D eigenvalue weighted by atomic mass is 19.2. The van der Waals surface area contributed by atoms with E-state index in [0.29, 0.717) is 4.57 Å². The smallest absolute Gasteiger partial charge is 0.330 e. The largest absolute Gasteiger partial charge is 0.394 e. The molecule has 9 heteroatoms. The molecule has 8 nitrogen and oxygen atoms in total. The molecular formula is C10H13FN2O6. The van der Waals surface area contributed by atoms with Crippen LogP contribution >= 0.6 is 0 Å². The predicted molar refractivity (Wildman–Crippen MR) is 59.1 cm³/mol. The normalized spacial score (nSPS) is 34.7. The quantitative estimate of drug-likeness (QED) is 0.484. The van der Waals surface area contributed by atoms with Gasteiger partial charge in [0.1, 0.15) is 12.2 Å². The van der Waals surface area contributed by atoms with Crippen molar-refractivity contribution in [2.75, 3.05) is 6.61 Å². The molecular weight excluding hydrogens is 263 g/mol. The molecule has 106 valence electrons. The fraction of sp³-hybridized carbons (Fsp3) is 0.600. The van der Waals surface area contributed by atoms with E-state index in [1.165, 1.54) is 6.92 Å². The highest BCUT2D eigenvalue weighted by Crippen LogP contribution is 2.38.